The first-order valence-corrected chi connectivity index (χ1v) is 7.68. The van der Waals surface area contributed by atoms with Gasteiger partial charge in [0, 0.05) is 12.2 Å². The minimum atomic E-state index is 0.0234. The molecule has 3 nitrogen and oxygen atoms in total. The number of hydrogen-bond acceptors (Lipinski definition) is 2. The van der Waals surface area contributed by atoms with Gasteiger partial charge in [-0.1, -0.05) is 48.0 Å². The smallest absolute Gasteiger partial charge is 0.239 e. The van der Waals surface area contributed by atoms with Crippen LogP contribution in [0, 0.1) is 20.8 Å². The van der Waals surface area contributed by atoms with E-state index in [-0.39, 0.29) is 5.91 Å². The van der Waals surface area contributed by atoms with E-state index in [2.05, 4.69) is 55.7 Å². The van der Waals surface area contributed by atoms with Crippen LogP contribution < -0.4 is 10.6 Å². The van der Waals surface area contributed by atoms with Crippen LogP contribution in [0.3, 0.4) is 0 Å². The van der Waals surface area contributed by atoms with Crippen molar-refractivity contribution >= 4 is 11.6 Å². The molecular formula is C19H24N2O. The lowest BCUT2D eigenvalue weighted by Crippen LogP contribution is -2.31. The van der Waals surface area contributed by atoms with Gasteiger partial charge in [-0.15, -0.1) is 0 Å². The van der Waals surface area contributed by atoms with Crippen molar-refractivity contribution in [1.29, 1.82) is 0 Å². The molecule has 1 amide bonds. The molecule has 3 heteroatoms. The van der Waals surface area contributed by atoms with Crippen LogP contribution in [0.4, 0.5) is 5.69 Å². The van der Waals surface area contributed by atoms with Crippen molar-refractivity contribution in [3.63, 3.8) is 0 Å². The van der Waals surface area contributed by atoms with Crippen LogP contribution in [0.25, 0.3) is 0 Å². The predicted molar refractivity (Wildman–Crippen MR) is 92.3 cm³/mol. The van der Waals surface area contributed by atoms with Gasteiger partial charge in [0.05, 0.1) is 6.54 Å². The van der Waals surface area contributed by atoms with E-state index >= 15 is 0 Å². The molecule has 0 bridgehead atoms. The number of carbonyl (C=O) groups is 1. The summed E-state index contributed by atoms with van der Waals surface area (Å²) in [5, 5.41) is 6.20. The number of amides is 1. The molecule has 0 saturated carbocycles. The monoisotopic (exact) mass is 296 g/mol. The molecule has 0 heterocycles. The quantitative estimate of drug-likeness (QED) is 0.858. The zero-order valence-electron chi connectivity index (χ0n) is 13.6. The lowest BCUT2D eigenvalue weighted by Gasteiger charge is -2.14. The van der Waals surface area contributed by atoms with Crippen molar-refractivity contribution in [3.05, 3.63) is 64.7 Å². The van der Waals surface area contributed by atoms with Gasteiger partial charge >= 0.3 is 0 Å². The van der Waals surface area contributed by atoms with Gasteiger partial charge in [0.1, 0.15) is 0 Å². The normalized spacial score (nSPS) is 10.3. The number of hydrogen-bond donors (Lipinski definition) is 2. The lowest BCUT2D eigenvalue weighted by molar-refractivity contribution is -0.119. The molecule has 2 N–H and O–H groups in total. The molecule has 0 fully saturated rings. The summed E-state index contributed by atoms with van der Waals surface area (Å²) in [7, 11) is 0. The van der Waals surface area contributed by atoms with Gasteiger partial charge in [0.15, 0.2) is 0 Å². The highest BCUT2D eigenvalue weighted by Gasteiger charge is 2.06. The molecule has 0 radical (unpaired) electrons. The molecule has 0 aliphatic rings. The summed E-state index contributed by atoms with van der Waals surface area (Å²) >= 11 is 0. The molecule has 0 saturated heterocycles. The Morgan fingerprint density at radius 3 is 2.27 bits per heavy atom. The minimum Gasteiger partial charge on any atom is -0.376 e. The number of benzene rings is 2. The zero-order valence-corrected chi connectivity index (χ0v) is 13.6. The van der Waals surface area contributed by atoms with Gasteiger partial charge in [-0.25, -0.2) is 0 Å². The highest BCUT2D eigenvalue weighted by molar-refractivity contribution is 5.81. The number of aryl methyl sites for hydroxylation is 3. The number of anilines is 1. The van der Waals surface area contributed by atoms with Crippen LogP contribution in [0.1, 0.15) is 22.3 Å². The van der Waals surface area contributed by atoms with Gasteiger partial charge in [-0.3, -0.25) is 4.79 Å². The molecule has 22 heavy (non-hydrogen) atoms. The fourth-order valence-corrected chi connectivity index (χ4v) is 2.68. The Morgan fingerprint density at radius 1 is 1.00 bits per heavy atom. The fraction of sp³-hybridized carbons (Fsp3) is 0.316. The third kappa shape index (κ3) is 4.62. The van der Waals surface area contributed by atoms with E-state index < -0.39 is 0 Å². The van der Waals surface area contributed by atoms with E-state index in [4.69, 9.17) is 0 Å². The van der Waals surface area contributed by atoms with E-state index in [0.717, 1.165) is 12.1 Å². The Balaban J connectivity index is 1.79. The summed E-state index contributed by atoms with van der Waals surface area (Å²) in [6.45, 7) is 7.18. The number of rotatable bonds is 6. The van der Waals surface area contributed by atoms with Crippen LogP contribution in [0.2, 0.25) is 0 Å². The Hall–Kier alpha value is -2.29. The molecule has 0 unspecified atom stereocenters. The Bertz CT molecular complexity index is 612. The number of nitrogens with one attached hydrogen (secondary N) is 2. The second kappa shape index (κ2) is 7.64. The average Bonchev–Trinajstić information content (AvgIpc) is 2.47. The number of carbonyl (C=O) groups excluding carboxylic acids is 1. The van der Waals surface area contributed by atoms with E-state index in [9.17, 15) is 4.79 Å². The van der Waals surface area contributed by atoms with Crippen LogP contribution >= 0.6 is 0 Å². The SMILES string of the molecule is Cc1cc(C)c(NCC(=O)NCCc2ccccc2)c(C)c1. The largest absolute Gasteiger partial charge is 0.376 e. The van der Waals surface area contributed by atoms with Crippen molar-refractivity contribution in [1.82, 2.24) is 5.32 Å². The highest BCUT2D eigenvalue weighted by atomic mass is 16.1. The Labute approximate surface area is 132 Å². The van der Waals surface area contributed by atoms with Gasteiger partial charge in [0.2, 0.25) is 5.91 Å². The van der Waals surface area contributed by atoms with Crippen LogP contribution in [-0.4, -0.2) is 19.0 Å². The van der Waals surface area contributed by atoms with Gasteiger partial charge in [-0.2, -0.15) is 0 Å². The van der Waals surface area contributed by atoms with E-state index in [1.54, 1.807) is 0 Å². The average molecular weight is 296 g/mol. The van der Waals surface area contributed by atoms with E-state index in [0.29, 0.717) is 13.1 Å². The van der Waals surface area contributed by atoms with Gasteiger partial charge in [-0.05, 0) is 43.9 Å². The van der Waals surface area contributed by atoms with Crippen molar-refractivity contribution in [2.24, 2.45) is 0 Å². The molecule has 2 aromatic carbocycles. The summed E-state index contributed by atoms with van der Waals surface area (Å²) in [5.41, 5.74) is 5.89. The zero-order chi connectivity index (χ0) is 15.9. The second-order valence-corrected chi connectivity index (χ2v) is 5.71. The second-order valence-electron chi connectivity index (χ2n) is 5.71. The molecule has 0 aromatic heterocycles. The third-order valence-corrected chi connectivity index (χ3v) is 3.68. The summed E-state index contributed by atoms with van der Waals surface area (Å²) in [6.07, 6.45) is 0.856. The van der Waals surface area contributed by atoms with E-state index in [1.165, 1.54) is 22.3 Å². The van der Waals surface area contributed by atoms with Crippen molar-refractivity contribution in [2.75, 3.05) is 18.4 Å². The first-order chi connectivity index (χ1) is 10.6. The summed E-state index contributed by atoms with van der Waals surface area (Å²) < 4.78 is 0. The first-order valence-electron chi connectivity index (χ1n) is 7.68. The molecule has 0 spiro atoms. The fourth-order valence-electron chi connectivity index (χ4n) is 2.68. The van der Waals surface area contributed by atoms with Gasteiger partial charge < -0.3 is 10.6 Å². The molecule has 116 valence electrons. The summed E-state index contributed by atoms with van der Waals surface area (Å²) in [5.74, 6) is 0.0234. The van der Waals surface area contributed by atoms with Crippen LogP contribution in [0.15, 0.2) is 42.5 Å². The Morgan fingerprint density at radius 2 is 1.64 bits per heavy atom. The molecule has 2 rings (SSSR count). The topological polar surface area (TPSA) is 41.1 Å². The summed E-state index contributed by atoms with van der Waals surface area (Å²) in [6, 6.07) is 14.4. The maximum absolute atomic E-state index is 11.9. The molecule has 2 aromatic rings. The molecule has 0 aliphatic heterocycles. The van der Waals surface area contributed by atoms with Crippen LogP contribution in [0.5, 0.6) is 0 Å². The highest BCUT2D eigenvalue weighted by Crippen LogP contribution is 2.21. The van der Waals surface area contributed by atoms with Crippen molar-refractivity contribution in [2.45, 2.75) is 27.2 Å². The lowest BCUT2D eigenvalue weighted by atomic mass is 10.1. The molecule has 0 atom stereocenters. The Kier molecular flexibility index (Phi) is 5.59. The van der Waals surface area contributed by atoms with Crippen LogP contribution in [-0.2, 0) is 11.2 Å². The van der Waals surface area contributed by atoms with Crippen molar-refractivity contribution in [3.8, 4) is 0 Å². The molecule has 0 aliphatic carbocycles. The van der Waals surface area contributed by atoms with E-state index in [1.807, 2.05) is 18.2 Å². The first kappa shape index (κ1) is 16.1. The standard InChI is InChI=1S/C19H24N2O/c1-14-11-15(2)19(16(3)12-14)21-13-18(22)20-10-9-17-7-5-4-6-8-17/h4-8,11-12,21H,9-10,13H2,1-3H3,(H,20,22). The predicted octanol–water partition coefficient (Wildman–Crippen LogP) is 3.38. The maximum atomic E-state index is 11.9. The summed E-state index contributed by atoms with van der Waals surface area (Å²) in [4.78, 5) is 11.9. The third-order valence-electron chi connectivity index (χ3n) is 3.68. The van der Waals surface area contributed by atoms with Crippen molar-refractivity contribution < 1.29 is 4.79 Å². The van der Waals surface area contributed by atoms with Gasteiger partial charge in [0.25, 0.3) is 0 Å². The minimum absolute atomic E-state index is 0.0234. The molecular weight excluding hydrogens is 272 g/mol. The maximum Gasteiger partial charge on any atom is 0.239 e.